The van der Waals surface area contributed by atoms with E-state index in [4.69, 9.17) is 21.1 Å². The Morgan fingerprint density at radius 1 is 1.19 bits per heavy atom. The summed E-state index contributed by atoms with van der Waals surface area (Å²) in [7, 11) is 0. The summed E-state index contributed by atoms with van der Waals surface area (Å²) < 4.78 is 11.9. The van der Waals surface area contributed by atoms with E-state index in [1.807, 2.05) is 6.07 Å². The second kappa shape index (κ2) is 6.45. The molecule has 1 aromatic rings. The van der Waals surface area contributed by atoms with Crippen molar-refractivity contribution in [1.82, 2.24) is 5.32 Å². The molecule has 1 saturated heterocycles. The van der Waals surface area contributed by atoms with Crippen LogP contribution < -0.4 is 14.8 Å². The molecule has 0 unspecified atom stereocenters. The van der Waals surface area contributed by atoms with Crippen LogP contribution in [0.25, 0.3) is 0 Å². The van der Waals surface area contributed by atoms with Gasteiger partial charge in [0.1, 0.15) is 0 Å². The lowest BCUT2D eigenvalue weighted by Crippen LogP contribution is -2.27. The fraction of sp³-hybridized carbons (Fsp3) is 0.647. The van der Waals surface area contributed by atoms with Crippen LogP contribution >= 0.6 is 11.6 Å². The fourth-order valence-corrected chi connectivity index (χ4v) is 3.77. The van der Waals surface area contributed by atoms with Crippen LogP contribution in [0.15, 0.2) is 6.07 Å². The number of benzene rings is 1. The fourth-order valence-electron chi connectivity index (χ4n) is 3.41. The first-order valence-electron chi connectivity index (χ1n) is 8.01. The molecule has 3 rings (SSSR count). The van der Waals surface area contributed by atoms with Gasteiger partial charge in [-0.15, -0.1) is 0 Å². The topological polar surface area (TPSA) is 30.5 Å². The molecule has 1 N–H and O–H groups in total. The van der Waals surface area contributed by atoms with E-state index in [-0.39, 0.29) is 0 Å². The third-order valence-electron chi connectivity index (χ3n) is 4.39. The van der Waals surface area contributed by atoms with Gasteiger partial charge in [-0.25, -0.2) is 0 Å². The van der Waals surface area contributed by atoms with Crippen molar-refractivity contribution in [3.05, 3.63) is 22.2 Å². The summed E-state index contributed by atoms with van der Waals surface area (Å²) in [5, 5.41) is 4.27. The lowest BCUT2D eigenvalue weighted by atomic mass is 9.83. The number of rotatable bonds is 2. The highest BCUT2D eigenvalue weighted by Gasteiger charge is 2.28. The first kappa shape index (κ1) is 15.0. The normalized spacial score (nSPS) is 19.6. The van der Waals surface area contributed by atoms with E-state index in [2.05, 4.69) is 19.2 Å². The highest BCUT2D eigenvalue weighted by molar-refractivity contribution is 6.31. The maximum atomic E-state index is 6.64. The highest BCUT2D eigenvalue weighted by Crippen LogP contribution is 2.47. The smallest absolute Gasteiger partial charge is 0.164 e. The Bertz CT molecular complexity index is 510. The summed E-state index contributed by atoms with van der Waals surface area (Å²) in [4.78, 5) is 0. The molecule has 0 radical (unpaired) electrons. The van der Waals surface area contributed by atoms with Gasteiger partial charge in [0.15, 0.2) is 11.5 Å². The Morgan fingerprint density at radius 2 is 1.90 bits per heavy atom. The summed E-state index contributed by atoms with van der Waals surface area (Å²) in [5.74, 6) is 2.65. The summed E-state index contributed by atoms with van der Waals surface area (Å²) in [6, 6.07) is 1.96. The average molecular weight is 310 g/mol. The van der Waals surface area contributed by atoms with Gasteiger partial charge in [-0.1, -0.05) is 25.4 Å². The van der Waals surface area contributed by atoms with Crippen LogP contribution in [0, 0.1) is 0 Å². The van der Waals surface area contributed by atoms with Crippen LogP contribution in [0.4, 0.5) is 0 Å². The van der Waals surface area contributed by atoms with Gasteiger partial charge in [-0.2, -0.15) is 0 Å². The zero-order chi connectivity index (χ0) is 14.8. The lowest BCUT2D eigenvalue weighted by Gasteiger charge is -2.29. The molecule has 1 aromatic carbocycles. The van der Waals surface area contributed by atoms with Gasteiger partial charge in [0, 0.05) is 23.1 Å². The highest BCUT2D eigenvalue weighted by atomic mass is 35.5. The lowest BCUT2D eigenvalue weighted by molar-refractivity contribution is 0.295. The molecule has 0 aromatic heterocycles. The molecule has 2 aliphatic heterocycles. The molecular weight excluding hydrogens is 286 g/mol. The van der Waals surface area contributed by atoms with Gasteiger partial charge < -0.3 is 14.8 Å². The van der Waals surface area contributed by atoms with Crippen molar-refractivity contribution in [3.63, 3.8) is 0 Å². The molecule has 2 heterocycles. The monoisotopic (exact) mass is 309 g/mol. The van der Waals surface area contributed by atoms with Gasteiger partial charge in [0.05, 0.1) is 13.2 Å². The molecule has 0 amide bonds. The molecular formula is C17H24ClNO2. The molecule has 116 valence electrons. The standard InChI is InChI=1S/C17H24ClNO2/c1-11(2)15-16(12-4-6-19-7-5-12)13(18)10-14-17(15)21-9-3-8-20-14/h10-12,19H,3-9H2,1-2H3. The molecule has 0 atom stereocenters. The van der Waals surface area contributed by atoms with Crippen LogP contribution in [-0.2, 0) is 0 Å². The molecule has 0 bridgehead atoms. The van der Waals surface area contributed by atoms with Crippen molar-refractivity contribution in [1.29, 1.82) is 0 Å². The van der Waals surface area contributed by atoms with Crippen molar-refractivity contribution >= 4 is 11.6 Å². The largest absolute Gasteiger partial charge is 0.489 e. The zero-order valence-corrected chi connectivity index (χ0v) is 13.6. The second-order valence-corrected chi connectivity index (χ2v) is 6.65. The third-order valence-corrected chi connectivity index (χ3v) is 4.70. The Labute approximate surface area is 132 Å². The van der Waals surface area contributed by atoms with E-state index in [1.54, 1.807) is 0 Å². The zero-order valence-electron chi connectivity index (χ0n) is 12.9. The van der Waals surface area contributed by atoms with Crippen LogP contribution in [0.1, 0.15) is 56.1 Å². The van der Waals surface area contributed by atoms with Gasteiger partial charge >= 0.3 is 0 Å². The molecule has 1 fully saturated rings. The third kappa shape index (κ3) is 3.00. The van der Waals surface area contributed by atoms with Crippen molar-refractivity contribution < 1.29 is 9.47 Å². The summed E-state index contributed by atoms with van der Waals surface area (Å²) in [5.41, 5.74) is 2.55. The minimum Gasteiger partial charge on any atom is -0.489 e. The van der Waals surface area contributed by atoms with Crippen molar-refractivity contribution in [2.75, 3.05) is 26.3 Å². The second-order valence-electron chi connectivity index (χ2n) is 6.24. The molecule has 21 heavy (non-hydrogen) atoms. The summed E-state index contributed by atoms with van der Waals surface area (Å²) in [6.07, 6.45) is 3.20. The first-order valence-corrected chi connectivity index (χ1v) is 8.39. The maximum absolute atomic E-state index is 6.64. The predicted octanol–water partition coefficient (Wildman–Crippen LogP) is 4.09. The van der Waals surface area contributed by atoms with Crippen LogP contribution in [-0.4, -0.2) is 26.3 Å². The molecule has 0 spiro atoms. The number of fused-ring (bicyclic) bond motifs is 1. The van der Waals surface area contributed by atoms with Gasteiger partial charge in [-0.3, -0.25) is 0 Å². The SMILES string of the molecule is CC(C)c1c2c(cc(Cl)c1C1CCNCC1)OCCCO2. The van der Waals surface area contributed by atoms with Crippen molar-refractivity contribution in [2.24, 2.45) is 0 Å². The average Bonchev–Trinajstić information content (AvgIpc) is 2.71. The van der Waals surface area contributed by atoms with Crippen molar-refractivity contribution in [3.8, 4) is 11.5 Å². The number of hydrogen-bond acceptors (Lipinski definition) is 3. The maximum Gasteiger partial charge on any atom is 0.164 e. The van der Waals surface area contributed by atoms with Crippen molar-refractivity contribution in [2.45, 2.75) is 44.9 Å². The molecule has 0 aliphatic carbocycles. The van der Waals surface area contributed by atoms with E-state index < -0.39 is 0 Å². The number of hydrogen-bond donors (Lipinski definition) is 1. The Hall–Kier alpha value is -0.930. The Morgan fingerprint density at radius 3 is 2.62 bits per heavy atom. The van der Waals surface area contributed by atoms with E-state index in [9.17, 15) is 0 Å². The number of ether oxygens (including phenoxy) is 2. The number of halogens is 1. The van der Waals surface area contributed by atoms with Gasteiger partial charge in [0.2, 0.25) is 0 Å². The molecule has 4 heteroatoms. The van der Waals surface area contributed by atoms with Crippen LogP contribution in [0.5, 0.6) is 11.5 Å². The number of piperidine rings is 1. The quantitative estimate of drug-likeness (QED) is 0.892. The van der Waals surface area contributed by atoms with Gasteiger partial charge in [0.25, 0.3) is 0 Å². The minimum atomic E-state index is 0.379. The van der Waals surface area contributed by atoms with Gasteiger partial charge in [-0.05, 0) is 43.3 Å². The Balaban J connectivity index is 2.11. The van der Waals surface area contributed by atoms with E-state index in [0.29, 0.717) is 18.4 Å². The Kier molecular flexibility index (Phi) is 4.60. The van der Waals surface area contributed by atoms with E-state index >= 15 is 0 Å². The summed E-state index contributed by atoms with van der Waals surface area (Å²) >= 11 is 6.64. The predicted molar refractivity (Wildman–Crippen MR) is 86.0 cm³/mol. The molecule has 3 nitrogen and oxygen atoms in total. The number of nitrogens with one attached hydrogen (secondary N) is 1. The molecule has 0 saturated carbocycles. The first-order chi connectivity index (χ1) is 10.2. The van der Waals surface area contributed by atoms with E-state index in [1.165, 1.54) is 11.1 Å². The van der Waals surface area contributed by atoms with Crippen LogP contribution in [0.2, 0.25) is 5.02 Å². The van der Waals surface area contributed by atoms with Crippen LogP contribution in [0.3, 0.4) is 0 Å². The molecule has 2 aliphatic rings. The van der Waals surface area contributed by atoms with E-state index in [0.717, 1.165) is 55.5 Å². The summed E-state index contributed by atoms with van der Waals surface area (Å²) in [6.45, 7) is 7.98. The minimum absolute atomic E-state index is 0.379.